The third-order valence-corrected chi connectivity index (χ3v) is 3.60. The first-order chi connectivity index (χ1) is 12.1. The fraction of sp³-hybridized carbons (Fsp3) is 0.125. The van der Waals surface area contributed by atoms with Gasteiger partial charge in [-0.1, -0.05) is 11.6 Å². The fourth-order valence-corrected chi connectivity index (χ4v) is 2.23. The molecule has 0 aliphatic carbocycles. The quantitative estimate of drug-likeness (QED) is 0.422. The lowest BCUT2D eigenvalue weighted by Gasteiger charge is -2.15. The van der Waals surface area contributed by atoms with Gasteiger partial charge in [0.1, 0.15) is 11.5 Å². The summed E-state index contributed by atoms with van der Waals surface area (Å²) in [5, 5.41) is 9.20. The number of methoxy groups -OCH3 is 1. The zero-order valence-electron chi connectivity index (χ0n) is 13.2. The Morgan fingerprint density at radius 2 is 2.08 bits per heavy atom. The number of hydrogen-bond donors (Lipinski definition) is 1. The van der Waals surface area contributed by atoms with Gasteiger partial charge in [-0.05, 0) is 30.3 Å². The Morgan fingerprint density at radius 3 is 2.80 bits per heavy atom. The topological polar surface area (TPSA) is 103 Å². The van der Waals surface area contributed by atoms with Crippen LogP contribution in [-0.2, 0) is 4.79 Å². The molecular formula is C16H14ClN5O3. The van der Waals surface area contributed by atoms with Crippen LogP contribution in [0.4, 0.5) is 5.82 Å². The second-order valence-electron chi connectivity index (χ2n) is 4.96. The normalized spacial score (nSPS) is 10.5. The van der Waals surface area contributed by atoms with Gasteiger partial charge < -0.3 is 9.47 Å². The Hall–Kier alpha value is -2.97. The van der Waals surface area contributed by atoms with Crippen molar-refractivity contribution in [2.75, 3.05) is 18.7 Å². The van der Waals surface area contributed by atoms with Gasteiger partial charge in [-0.3, -0.25) is 9.78 Å². The number of nitrogens with two attached hydrogens (primary N) is 1. The maximum absolute atomic E-state index is 12.2. The summed E-state index contributed by atoms with van der Waals surface area (Å²) < 4.78 is 10.8. The molecule has 25 heavy (non-hydrogen) atoms. The largest absolute Gasteiger partial charge is 0.497 e. The molecule has 3 rings (SSSR count). The van der Waals surface area contributed by atoms with Crippen molar-refractivity contribution in [1.29, 1.82) is 0 Å². The summed E-state index contributed by atoms with van der Waals surface area (Å²) in [5.41, 5.74) is 0.692. The number of fused-ring (bicyclic) bond motifs is 1. The van der Waals surface area contributed by atoms with E-state index in [1.165, 1.54) is 12.1 Å². The number of anilines is 1. The number of hydrazine groups is 1. The molecule has 9 heteroatoms. The smallest absolute Gasteiger partial charge is 0.280 e. The lowest BCUT2D eigenvalue weighted by molar-refractivity contribution is -0.120. The van der Waals surface area contributed by atoms with Gasteiger partial charge in [0, 0.05) is 17.6 Å². The Kier molecular flexibility index (Phi) is 4.92. The number of ether oxygens (including phenoxy) is 2. The van der Waals surface area contributed by atoms with Gasteiger partial charge in [0.25, 0.3) is 5.91 Å². The number of halogens is 1. The van der Waals surface area contributed by atoms with Crippen LogP contribution in [0.2, 0.25) is 5.15 Å². The highest BCUT2D eigenvalue weighted by atomic mass is 35.5. The van der Waals surface area contributed by atoms with Gasteiger partial charge in [0.2, 0.25) is 0 Å². The first-order valence-corrected chi connectivity index (χ1v) is 7.58. The van der Waals surface area contributed by atoms with Gasteiger partial charge in [-0.25, -0.2) is 10.9 Å². The highest BCUT2D eigenvalue weighted by Crippen LogP contribution is 2.27. The van der Waals surface area contributed by atoms with Crippen molar-refractivity contribution in [3.8, 4) is 11.5 Å². The Balaban J connectivity index is 1.73. The molecule has 8 nitrogen and oxygen atoms in total. The summed E-state index contributed by atoms with van der Waals surface area (Å²) in [6, 6.07) is 10.0. The maximum Gasteiger partial charge on any atom is 0.280 e. The number of pyridine rings is 1. The minimum Gasteiger partial charge on any atom is -0.497 e. The van der Waals surface area contributed by atoms with Gasteiger partial charge >= 0.3 is 0 Å². The molecule has 0 aliphatic rings. The molecule has 128 valence electrons. The number of carbonyl (C=O) groups excluding carboxylic acids is 1. The van der Waals surface area contributed by atoms with Crippen LogP contribution < -0.4 is 20.3 Å². The molecule has 0 saturated carbocycles. The van der Waals surface area contributed by atoms with Gasteiger partial charge in [0.15, 0.2) is 17.6 Å². The van der Waals surface area contributed by atoms with E-state index in [0.29, 0.717) is 17.0 Å². The first kappa shape index (κ1) is 16.9. The van der Waals surface area contributed by atoms with Crippen LogP contribution in [0.15, 0.2) is 42.6 Å². The number of hydrogen-bond acceptors (Lipinski definition) is 7. The predicted octanol–water partition coefficient (Wildman–Crippen LogP) is 1.97. The Labute approximate surface area is 148 Å². The van der Waals surface area contributed by atoms with E-state index in [-0.39, 0.29) is 17.6 Å². The molecule has 0 radical (unpaired) electrons. The van der Waals surface area contributed by atoms with Crippen LogP contribution >= 0.6 is 11.6 Å². The highest BCUT2D eigenvalue weighted by molar-refractivity contribution is 6.29. The van der Waals surface area contributed by atoms with E-state index in [2.05, 4.69) is 15.2 Å². The summed E-state index contributed by atoms with van der Waals surface area (Å²) in [6.07, 6.45) is 1.59. The zero-order valence-corrected chi connectivity index (χ0v) is 14.0. The number of benzene rings is 1. The van der Waals surface area contributed by atoms with Crippen LogP contribution in [0, 0.1) is 0 Å². The van der Waals surface area contributed by atoms with Gasteiger partial charge in [0.05, 0.1) is 12.6 Å². The van der Waals surface area contributed by atoms with Crippen molar-refractivity contribution in [3.63, 3.8) is 0 Å². The van der Waals surface area contributed by atoms with E-state index < -0.39 is 5.91 Å². The van der Waals surface area contributed by atoms with E-state index in [1.807, 2.05) is 6.07 Å². The predicted molar refractivity (Wildman–Crippen MR) is 92.5 cm³/mol. The van der Waals surface area contributed by atoms with E-state index in [4.69, 9.17) is 26.9 Å². The van der Waals surface area contributed by atoms with Gasteiger partial charge in [-0.2, -0.15) is 0 Å². The molecule has 2 aromatic heterocycles. The fourth-order valence-electron chi connectivity index (χ4n) is 2.13. The molecule has 2 heterocycles. The van der Waals surface area contributed by atoms with E-state index in [9.17, 15) is 4.79 Å². The summed E-state index contributed by atoms with van der Waals surface area (Å²) in [6.45, 7) is -0.272. The van der Waals surface area contributed by atoms with E-state index in [1.54, 1.807) is 31.5 Å². The molecule has 0 aliphatic heterocycles. The number of amides is 1. The highest BCUT2D eigenvalue weighted by Gasteiger charge is 2.15. The van der Waals surface area contributed by atoms with Crippen molar-refractivity contribution in [1.82, 2.24) is 15.2 Å². The molecule has 0 unspecified atom stereocenters. The molecule has 2 N–H and O–H groups in total. The molecule has 0 bridgehead atoms. The minimum absolute atomic E-state index is 0.169. The van der Waals surface area contributed by atoms with Crippen LogP contribution in [0.5, 0.6) is 11.5 Å². The number of nitrogens with zero attached hydrogens (tertiary/aromatic N) is 4. The van der Waals surface area contributed by atoms with Crippen LogP contribution in [0.3, 0.4) is 0 Å². The lowest BCUT2D eigenvalue weighted by atomic mass is 10.2. The monoisotopic (exact) mass is 359 g/mol. The second-order valence-corrected chi connectivity index (χ2v) is 5.35. The Morgan fingerprint density at radius 1 is 1.24 bits per heavy atom. The number of carbonyl (C=O) groups is 1. The van der Waals surface area contributed by atoms with Crippen molar-refractivity contribution >= 4 is 34.2 Å². The molecule has 1 amide bonds. The third kappa shape index (κ3) is 3.76. The standard InChI is InChI=1S/C16H14ClN5O3/c1-24-10-2-3-11-12(8-10)19-7-6-13(11)25-9-16(23)22(18)15-5-4-14(17)20-21-15/h2-8H,9,18H2,1H3. The van der Waals surface area contributed by atoms with Crippen molar-refractivity contribution < 1.29 is 14.3 Å². The average molecular weight is 360 g/mol. The van der Waals surface area contributed by atoms with Crippen molar-refractivity contribution in [3.05, 3.63) is 47.7 Å². The Bertz CT molecular complexity index is 904. The number of aromatic nitrogens is 3. The molecule has 3 aromatic rings. The zero-order chi connectivity index (χ0) is 17.8. The summed E-state index contributed by atoms with van der Waals surface area (Å²) in [5.74, 6) is 6.60. The molecule has 0 fully saturated rings. The van der Waals surface area contributed by atoms with E-state index >= 15 is 0 Å². The molecule has 0 atom stereocenters. The lowest BCUT2D eigenvalue weighted by Crippen LogP contribution is -2.41. The summed E-state index contributed by atoms with van der Waals surface area (Å²) >= 11 is 5.66. The minimum atomic E-state index is -0.491. The second kappa shape index (κ2) is 7.29. The SMILES string of the molecule is COc1ccc2c(OCC(=O)N(N)c3ccc(Cl)nn3)ccnc2c1. The molecule has 1 aromatic carbocycles. The van der Waals surface area contributed by atoms with Crippen LogP contribution in [0.25, 0.3) is 10.9 Å². The molecule has 0 spiro atoms. The summed E-state index contributed by atoms with van der Waals surface area (Å²) in [4.78, 5) is 16.4. The van der Waals surface area contributed by atoms with Crippen molar-refractivity contribution in [2.24, 2.45) is 5.84 Å². The average Bonchev–Trinajstić information content (AvgIpc) is 2.65. The first-order valence-electron chi connectivity index (χ1n) is 7.21. The number of rotatable bonds is 5. The van der Waals surface area contributed by atoms with E-state index in [0.717, 1.165) is 10.4 Å². The van der Waals surface area contributed by atoms with Crippen molar-refractivity contribution in [2.45, 2.75) is 0 Å². The third-order valence-electron chi connectivity index (χ3n) is 3.39. The summed E-state index contributed by atoms with van der Waals surface area (Å²) in [7, 11) is 1.58. The molecule has 0 saturated heterocycles. The van der Waals surface area contributed by atoms with Crippen LogP contribution in [0.1, 0.15) is 0 Å². The van der Waals surface area contributed by atoms with Crippen LogP contribution in [-0.4, -0.2) is 34.8 Å². The van der Waals surface area contributed by atoms with Gasteiger partial charge in [-0.15, -0.1) is 10.2 Å². The maximum atomic E-state index is 12.2. The molecular weight excluding hydrogens is 346 g/mol.